The SMILES string of the molecule is COCCOCCCOCc1cc(CNC(C)C)co1. The minimum Gasteiger partial charge on any atom is -0.467 e. The van der Waals surface area contributed by atoms with E-state index in [0.717, 1.165) is 24.3 Å². The second kappa shape index (κ2) is 10.9. The molecule has 1 aromatic heterocycles. The molecule has 0 aliphatic rings. The zero-order valence-corrected chi connectivity index (χ0v) is 12.8. The van der Waals surface area contributed by atoms with E-state index in [1.807, 2.05) is 6.07 Å². The number of rotatable bonds is 12. The summed E-state index contributed by atoms with van der Waals surface area (Å²) in [4.78, 5) is 0. The Morgan fingerprint density at radius 1 is 1.15 bits per heavy atom. The Bertz CT molecular complexity index is 338. The maximum absolute atomic E-state index is 5.54. The van der Waals surface area contributed by atoms with Gasteiger partial charge in [0.2, 0.25) is 0 Å². The molecule has 0 saturated carbocycles. The van der Waals surface area contributed by atoms with E-state index in [0.29, 0.717) is 39.1 Å². The highest BCUT2D eigenvalue weighted by Crippen LogP contribution is 2.09. The van der Waals surface area contributed by atoms with Gasteiger partial charge in [-0.05, 0) is 12.5 Å². The molecule has 1 heterocycles. The predicted octanol–water partition coefficient (Wildman–Crippen LogP) is 2.35. The molecule has 0 aliphatic carbocycles. The zero-order valence-electron chi connectivity index (χ0n) is 12.8. The standard InChI is InChI=1S/C15H27NO4/c1-13(2)16-10-14-9-15(20-11-14)12-19-6-4-5-18-8-7-17-3/h9,11,13,16H,4-8,10,12H2,1-3H3. The summed E-state index contributed by atoms with van der Waals surface area (Å²) in [6.45, 7) is 8.24. The Hall–Kier alpha value is -0.880. The first kappa shape index (κ1) is 17.2. The molecule has 0 unspecified atom stereocenters. The van der Waals surface area contributed by atoms with Crippen molar-refractivity contribution in [1.29, 1.82) is 0 Å². The third-order valence-corrected chi connectivity index (χ3v) is 2.68. The van der Waals surface area contributed by atoms with Crippen molar-refractivity contribution in [3.05, 3.63) is 23.7 Å². The molecule has 0 aliphatic heterocycles. The van der Waals surface area contributed by atoms with E-state index < -0.39 is 0 Å². The molecule has 0 aromatic carbocycles. The van der Waals surface area contributed by atoms with Gasteiger partial charge in [0, 0.05) is 38.5 Å². The fraction of sp³-hybridized carbons (Fsp3) is 0.733. The van der Waals surface area contributed by atoms with Crippen molar-refractivity contribution in [2.45, 2.75) is 39.5 Å². The van der Waals surface area contributed by atoms with E-state index in [1.54, 1.807) is 13.4 Å². The molecule has 0 radical (unpaired) electrons. The fourth-order valence-corrected chi connectivity index (χ4v) is 1.60. The van der Waals surface area contributed by atoms with Crippen molar-refractivity contribution in [2.75, 3.05) is 33.5 Å². The van der Waals surface area contributed by atoms with E-state index in [-0.39, 0.29) is 0 Å². The lowest BCUT2D eigenvalue weighted by Gasteiger charge is -2.05. The summed E-state index contributed by atoms with van der Waals surface area (Å²) < 4.78 is 21.2. The molecule has 1 rings (SSSR count). The van der Waals surface area contributed by atoms with Gasteiger partial charge >= 0.3 is 0 Å². The number of ether oxygens (including phenoxy) is 3. The molecule has 0 atom stereocenters. The van der Waals surface area contributed by atoms with E-state index in [9.17, 15) is 0 Å². The van der Waals surface area contributed by atoms with Crippen molar-refractivity contribution in [1.82, 2.24) is 5.32 Å². The molecule has 5 nitrogen and oxygen atoms in total. The van der Waals surface area contributed by atoms with Crippen LogP contribution in [0.1, 0.15) is 31.6 Å². The molecule has 1 aromatic rings. The van der Waals surface area contributed by atoms with Gasteiger partial charge in [-0.1, -0.05) is 13.8 Å². The van der Waals surface area contributed by atoms with Gasteiger partial charge in [0.25, 0.3) is 0 Å². The lowest BCUT2D eigenvalue weighted by molar-refractivity contribution is 0.0453. The molecule has 5 heteroatoms. The summed E-state index contributed by atoms with van der Waals surface area (Å²) >= 11 is 0. The van der Waals surface area contributed by atoms with Crippen LogP contribution in [-0.4, -0.2) is 39.6 Å². The number of hydrogen-bond donors (Lipinski definition) is 1. The van der Waals surface area contributed by atoms with Crippen LogP contribution in [0.2, 0.25) is 0 Å². The Morgan fingerprint density at radius 3 is 2.70 bits per heavy atom. The molecule has 0 spiro atoms. The normalized spacial score (nSPS) is 11.4. The molecule has 0 saturated heterocycles. The molecule has 0 fully saturated rings. The molecule has 1 N–H and O–H groups in total. The van der Waals surface area contributed by atoms with E-state index in [2.05, 4.69) is 19.2 Å². The highest BCUT2D eigenvalue weighted by atomic mass is 16.5. The van der Waals surface area contributed by atoms with Gasteiger partial charge in [-0.25, -0.2) is 0 Å². The monoisotopic (exact) mass is 285 g/mol. The second-order valence-electron chi connectivity index (χ2n) is 4.97. The molecular formula is C15H27NO4. The summed E-state index contributed by atoms with van der Waals surface area (Å²) in [5.74, 6) is 0.867. The first-order valence-corrected chi connectivity index (χ1v) is 7.16. The van der Waals surface area contributed by atoms with E-state index in [1.165, 1.54) is 0 Å². The Balaban J connectivity index is 2.01. The summed E-state index contributed by atoms with van der Waals surface area (Å²) in [5.41, 5.74) is 1.15. The smallest absolute Gasteiger partial charge is 0.129 e. The van der Waals surface area contributed by atoms with Crippen LogP contribution in [0.3, 0.4) is 0 Å². The van der Waals surface area contributed by atoms with Crippen LogP contribution in [-0.2, 0) is 27.4 Å². The third-order valence-electron chi connectivity index (χ3n) is 2.68. The van der Waals surface area contributed by atoms with Crippen molar-refractivity contribution in [2.24, 2.45) is 0 Å². The van der Waals surface area contributed by atoms with Crippen molar-refractivity contribution in [3.63, 3.8) is 0 Å². The highest BCUT2D eigenvalue weighted by molar-refractivity contribution is 5.12. The maximum atomic E-state index is 5.54. The van der Waals surface area contributed by atoms with Crippen LogP contribution in [0.25, 0.3) is 0 Å². The van der Waals surface area contributed by atoms with E-state index in [4.69, 9.17) is 18.6 Å². The Labute approximate surface area is 121 Å². The number of nitrogens with one attached hydrogen (secondary N) is 1. The van der Waals surface area contributed by atoms with Crippen LogP contribution in [0, 0.1) is 0 Å². The molecular weight excluding hydrogens is 258 g/mol. The lowest BCUT2D eigenvalue weighted by atomic mass is 10.3. The highest BCUT2D eigenvalue weighted by Gasteiger charge is 2.02. The zero-order chi connectivity index (χ0) is 14.6. The quantitative estimate of drug-likeness (QED) is 0.597. The summed E-state index contributed by atoms with van der Waals surface area (Å²) in [6.07, 6.45) is 2.66. The van der Waals surface area contributed by atoms with Gasteiger partial charge in [0.1, 0.15) is 12.4 Å². The van der Waals surface area contributed by atoms with Crippen LogP contribution < -0.4 is 5.32 Å². The number of furan rings is 1. The van der Waals surface area contributed by atoms with Gasteiger partial charge in [0.15, 0.2) is 0 Å². The maximum Gasteiger partial charge on any atom is 0.129 e. The van der Waals surface area contributed by atoms with E-state index >= 15 is 0 Å². The molecule has 0 bridgehead atoms. The van der Waals surface area contributed by atoms with Crippen molar-refractivity contribution >= 4 is 0 Å². The predicted molar refractivity (Wildman–Crippen MR) is 77.7 cm³/mol. The second-order valence-corrected chi connectivity index (χ2v) is 4.97. The summed E-state index contributed by atoms with van der Waals surface area (Å²) in [5, 5.41) is 3.35. The molecule has 0 amide bonds. The molecule has 20 heavy (non-hydrogen) atoms. The third kappa shape index (κ3) is 8.32. The van der Waals surface area contributed by atoms with Gasteiger partial charge in [-0.2, -0.15) is 0 Å². The van der Waals surface area contributed by atoms with Crippen LogP contribution >= 0.6 is 0 Å². The molecule has 116 valence electrons. The minimum atomic E-state index is 0.475. The summed E-state index contributed by atoms with van der Waals surface area (Å²) in [6, 6.07) is 2.51. The topological polar surface area (TPSA) is 52.9 Å². The van der Waals surface area contributed by atoms with Crippen molar-refractivity contribution in [3.8, 4) is 0 Å². The Kier molecular flexibility index (Phi) is 9.32. The van der Waals surface area contributed by atoms with Gasteiger partial charge in [-0.15, -0.1) is 0 Å². The van der Waals surface area contributed by atoms with Gasteiger partial charge in [0.05, 0.1) is 19.5 Å². The first-order chi connectivity index (χ1) is 9.72. The van der Waals surface area contributed by atoms with Crippen LogP contribution in [0.15, 0.2) is 16.7 Å². The Morgan fingerprint density at radius 2 is 1.95 bits per heavy atom. The van der Waals surface area contributed by atoms with Gasteiger partial charge < -0.3 is 23.9 Å². The van der Waals surface area contributed by atoms with Gasteiger partial charge in [-0.3, -0.25) is 0 Å². The van der Waals surface area contributed by atoms with Crippen molar-refractivity contribution < 1.29 is 18.6 Å². The average Bonchev–Trinajstić information content (AvgIpc) is 2.87. The first-order valence-electron chi connectivity index (χ1n) is 7.16. The lowest BCUT2D eigenvalue weighted by Crippen LogP contribution is -2.21. The fourth-order valence-electron chi connectivity index (χ4n) is 1.60. The number of hydrogen-bond acceptors (Lipinski definition) is 5. The average molecular weight is 285 g/mol. The van der Waals surface area contributed by atoms with Crippen LogP contribution in [0.5, 0.6) is 0 Å². The number of methoxy groups -OCH3 is 1. The minimum absolute atomic E-state index is 0.475. The summed E-state index contributed by atoms with van der Waals surface area (Å²) in [7, 11) is 1.67. The van der Waals surface area contributed by atoms with Crippen LogP contribution in [0.4, 0.5) is 0 Å². The largest absolute Gasteiger partial charge is 0.467 e.